The maximum Gasteiger partial charge on any atom is 0.421 e. The number of aromatic amines is 1. The number of urea groups is 1. The smallest absolute Gasteiger partial charge is 0.421 e. The molecule has 4 aromatic rings. The Hall–Kier alpha value is -4.50. The molecule has 250 valence electrons. The Bertz CT molecular complexity index is 1720. The molecule has 2 aliphatic rings. The molecule has 1 saturated heterocycles. The number of amides is 2. The monoisotopic (exact) mass is 654 g/mol. The van der Waals surface area contributed by atoms with E-state index in [4.69, 9.17) is 14.2 Å². The number of nitrogens with zero attached hydrogens (tertiary/aromatic N) is 6. The number of rotatable bonds is 9. The van der Waals surface area contributed by atoms with Crippen molar-refractivity contribution in [2.45, 2.75) is 57.3 Å². The van der Waals surface area contributed by atoms with Crippen LogP contribution in [0.15, 0.2) is 36.9 Å². The number of hydrogen-bond donors (Lipinski definition) is 2. The van der Waals surface area contributed by atoms with Crippen LogP contribution in [-0.4, -0.2) is 87.3 Å². The molecule has 2 amide bonds. The third-order valence-corrected chi connectivity index (χ3v) is 8.53. The standard InChI is InChI=1S/C32H37F3N8O4/c1-4-19-16-43(31(44)41-22-13-26(32(33,34)35)30(37-14-22)46-23-5-8-42(2)9-6-23)17-20-11-24(15-36-27(19)20)47-29-25-12-21(7-10-45-3)40-28(25)38-18-39-29/h11-15,18-19,23H,4-10,16-17H2,1-3H3,(H,41,44)(H,38,39,40). The number of methoxy groups -OCH3 is 1. The fraction of sp³-hybridized carbons (Fsp3) is 0.469. The number of hydrogen-bond acceptors (Lipinski definition) is 9. The molecule has 6 heterocycles. The summed E-state index contributed by atoms with van der Waals surface area (Å²) in [6, 6.07) is 4.06. The Kier molecular flexibility index (Phi) is 9.45. The lowest BCUT2D eigenvalue weighted by Gasteiger charge is -2.33. The summed E-state index contributed by atoms with van der Waals surface area (Å²) < 4.78 is 59.1. The summed E-state index contributed by atoms with van der Waals surface area (Å²) in [5, 5.41) is 3.32. The van der Waals surface area contributed by atoms with Gasteiger partial charge in [-0.3, -0.25) is 4.98 Å². The highest BCUT2D eigenvalue weighted by molar-refractivity contribution is 5.89. The van der Waals surface area contributed by atoms with Crippen molar-refractivity contribution >= 4 is 22.8 Å². The van der Waals surface area contributed by atoms with E-state index in [2.05, 4.69) is 35.1 Å². The maximum atomic E-state index is 14.0. The van der Waals surface area contributed by atoms with Gasteiger partial charge in [-0.2, -0.15) is 13.2 Å². The van der Waals surface area contributed by atoms with Crippen LogP contribution in [0.3, 0.4) is 0 Å². The minimum Gasteiger partial charge on any atom is -0.474 e. The van der Waals surface area contributed by atoms with Crippen LogP contribution in [0, 0.1) is 0 Å². The fourth-order valence-electron chi connectivity index (χ4n) is 5.94. The van der Waals surface area contributed by atoms with E-state index in [0.29, 0.717) is 61.5 Å². The summed E-state index contributed by atoms with van der Waals surface area (Å²) in [6.07, 6.45) is 1.75. The Morgan fingerprint density at radius 1 is 1.09 bits per heavy atom. The van der Waals surface area contributed by atoms with E-state index in [1.54, 1.807) is 18.2 Å². The van der Waals surface area contributed by atoms with Crippen molar-refractivity contribution in [3.8, 4) is 17.5 Å². The summed E-state index contributed by atoms with van der Waals surface area (Å²) >= 11 is 0. The first-order chi connectivity index (χ1) is 22.6. The van der Waals surface area contributed by atoms with Crippen LogP contribution < -0.4 is 14.8 Å². The predicted molar refractivity (Wildman–Crippen MR) is 167 cm³/mol. The number of carbonyl (C=O) groups is 1. The number of pyridine rings is 2. The van der Waals surface area contributed by atoms with E-state index in [-0.39, 0.29) is 24.3 Å². The number of aromatic nitrogens is 5. The van der Waals surface area contributed by atoms with E-state index in [1.165, 1.54) is 12.5 Å². The van der Waals surface area contributed by atoms with Crippen LogP contribution in [-0.2, 0) is 23.9 Å². The molecule has 6 rings (SSSR count). The molecule has 1 fully saturated rings. The van der Waals surface area contributed by atoms with Gasteiger partial charge >= 0.3 is 12.2 Å². The molecule has 1 unspecified atom stereocenters. The molecule has 12 nitrogen and oxygen atoms in total. The van der Waals surface area contributed by atoms with Crippen LogP contribution >= 0.6 is 0 Å². The molecule has 15 heteroatoms. The van der Waals surface area contributed by atoms with Gasteiger partial charge in [0.25, 0.3) is 0 Å². The van der Waals surface area contributed by atoms with Gasteiger partial charge in [0.05, 0.1) is 35.8 Å². The van der Waals surface area contributed by atoms with Crippen molar-refractivity contribution in [3.05, 3.63) is 59.4 Å². The number of nitrogens with one attached hydrogen (secondary N) is 2. The second-order valence-electron chi connectivity index (χ2n) is 11.9. The zero-order chi connectivity index (χ0) is 33.1. The van der Waals surface area contributed by atoms with Crippen molar-refractivity contribution in [1.82, 2.24) is 34.7 Å². The topological polar surface area (TPSA) is 131 Å². The number of ether oxygens (including phenoxy) is 3. The molecule has 2 aliphatic heterocycles. The summed E-state index contributed by atoms with van der Waals surface area (Å²) in [5.74, 6) is 0.227. The number of alkyl halides is 3. The molecule has 0 bridgehead atoms. The Labute approximate surface area is 269 Å². The molecule has 0 aromatic carbocycles. The van der Waals surface area contributed by atoms with Crippen molar-refractivity contribution in [1.29, 1.82) is 0 Å². The first-order valence-electron chi connectivity index (χ1n) is 15.6. The van der Waals surface area contributed by atoms with E-state index in [0.717, 1.165) is 36.1 Å². The lowest BCUT2D eigenvalue weighted by Crippen LogP contribution is -2.41. The normalized spacial score (nSPS) is 17.5. The van der Waals surface area contributed by atoms with Crippen molar-refractivity contribution in [2.75, 3.05) is 45.7 Å². The van der Waals surface area contributed by atoms with Gasteiger partial charge in [0, 0.05) is 51.3 Å². The summed E-state index contributed by atoms with van der Waals surface area (Å²) in [6.45, 7) is 4.54. The highest BCUT2D eigenvalue weighted by Crippen LogP contribution is 2.38. The molecule has 2 N–H and O–H groups in total. The highest BCUT2D eigenvalue weighted by Gasteiger charge is 2.37. The summed E-state index contributed by atoms with van der Waals surface area (Å²) in [7, 11) is 3.60. The molecule has 0 saturated carbocycles. The van der Waals surface area contributed by atoms with E-state index in [1.807, 2.05) is 26.1 Å². The second-order valence-corrected chi connectivity index (χ2v) is 11.9. The maximum absolute atomic E-state index is 14.0. The summed E-state index contributed by atoms with van der Waals surface area (Å²) in [5.41, 5.74) is 2.08. The van der Waals surface area contributed by atoms with Gasteiger partial charge in [-0.15, -0.1) is 0 Å². The van der Waals surface area contributed by atoms with Gasteiger partial charge in [0.1, 0.15) is 29.4 Å². The minimum absolute atomic E-state index is 0.0729. The van der Waals surface area contributed by atoms with Crippen LogP contribution in [0.5, 0.6) is 17.5 Å². The van der Waals surface area contributed by atoms with Crippen LogP contribution in [0.25, 0.3) is 11.0 Å². The number of likely N-dealkylation sites (tertiary alicyclic amines) is 1. The lowest BCUT2D eigenvalue weighted by molar-refractivity contribution is -0.139. The van der Waals surface area contributed by atoms with Crippen molar-refractivity contribution in [3.63, 3.8) is 0 Å². The third kappa shape index (κ3) is 7.41. The highest BCUT2D eigenvalue weighted by atomic mass is 19.4. The molecule has 0 spiro atoms. The van der Waals surface area contributed by atoms with Crippen LogP contribution in [0.4, 0.5) is 23.7 Å². The Morgan fingerprint density at radius 2 is 1.89 bits per heavy atom. The van der Waals surface area contributed by atoms with Gasteiger partial charge < -0.3 is 34.3 Å². The molecular formula is C32H37F3N8O4. The van der Waals surface area contributed by atoms with E-state index in [9.17, 15) is 18.0 Å². The number of fused-ring (bicyclic) bond motifs is 2. The molecule has 47 heavy (non-hydrogen) atoms. The van der Waals surface area contributed by atoms with Gasteiger partial charge in [-0.25, -0.2) is 19.7 Å². The number of piperidine rings is 1. The number of carbonyl (C=O) groups excluding carboxylic acids is 1. The van der Waals surface area contributed by atoms with Gasteiger partial charge in [0.15, 0.2) is 0 Å². The molecule has 0 aliphatic carbocycles. The zero-order valence-electron chi connectivity index (χ0n) is 26.4. The van der Waals surface area contributed by atoms with E-state index < -0.39 is 23.7 Å². The summed E-state index contributed by atoms with van der Waals surface area (Å²) in [4.78, 5) is 37.6. The predicted octanol–water partition coefficient (Wildman–Crippen LogP) is 5.76. The fourth-order valence-corrected chi connectivity index (χ4v) is 5.94. The van der Waals surface area contributed by atoms with Gasteiger partial charge in [-0.1, -0.05) is 6.92 Å². The van der Waals surface area contributed by atoms with Crippen LogP contribution in [0.1, 0.15) is 54.6 Å². The second kappa shape index (κ2) is 13.7. The Morgan fingerprint density at radius 3 is 2.64 bits per heavy atom. The Balaban J connectivity index is 1.18. The molecule has 4 aromatic heterocycles. The quantitative estimate of drug-likeness (QED) is 0.231. The SMILES string of the molecule is CCC1CN(C(=O)Nc2cnc(OC3CCN(C)CC3)c(C(F)(F)F)c2)Cc2cc(Oc3ncnc4[nH]c(CCOC)cc34)cnc21. The van der Waals surface area contributed by atoms with Gasteiger partial charge in [-0.05, 0) is 50.1 Å². The molecule has 0 radical (unpaired) electrons. The first-order valence-corrected chi connectivity index (χ1v) is 15.6. The van der Waals surface area contributed by atoms with Crippen molar-refractivity contribution < 1.29 is 32.2 Å². The molecular weight excluding hydrogens is 617 g/mol. The number of H-pyrrole nitrogens is 1. The minimum atomic E-state index is -4.71. The lowest BCUT2D eigenvalue weighted by atomic mass is 9.92. The average Bonchev–Trinajstić information content (AvgIpc) is 3.48. The number of anilines is 1. The third-order valence-electron chi connectivity index (χ3n) is 8.53. The first kappa shape index (κ1) is 32.4. The average molecular weight is 655 g/mol. The molecule has 1 atom stereocenters. The zero-order valence-corrected chi connectivity index (χ0v) is 26.4. The largest absolute Gasteiger partial charge is 0.474 e. The van der Waals surface area contributed by atoms with E-state index >= 15 is 0 Å². The van der Waals surface area contributed by atoms with Gasteiger partial charge in [0.2, 0.25) is 11.8 Å². The van der Waals surface area contributed by atoms with Crippen LogP contribution in [0.2, 0.25) is 0 Å². The number of halogens is 3. The van der Waals surface area contributed by atoms with Crippen molar-refractivity contribution in [2.24, 2.45) is 0 Å².